The summed E-state index contributed by atoms with van der Waals surface area (Å²) in [7, 11) is 0. The first kappa shape index (κ1) is 10.5. The molecule has 1 heteroatoms. The third kappa shape index (κ3) is 1.64. The Hall–Kier alpha value is -0.980. The van der Waals surface area contributed by atoms with Gasteiger partial charge in [0.2, 0.25) is 0 Å². The van der Waals surface area contributed by atoms with E-state index in [2.05, 4.69) is 56.9 Å². The summed E-state index contributed by atoms with van der Waals surface area (Å²) in [6.07, 6.45) is 1.25. The normalized spacial score (nSPS) is 23.7. The van der Waals surface area contributed by atoms with E-state index < -0.39 is 0 Å². The number of anilines is 1. The summed E-state index contributed by atoms with van der Waals surface area (Å²) in [5.74, 6) is 0.680. The van der Waals surface area contributed by atoms with Crippen LogP contribution in [0.2, 0.25) is 0 Å². The fourth-order valence-electron chi connectivity index (χ4n) is 3.04. The largest absolute Gasteiger partial charge is 0.366 e. The molecule has 0 spiro atoms. The highest BCUT2D eigenvalue weighted by Crippen LogP contribution is 2.42. The zero-order valence-corrected chi connectivity index (χ0v) is 10.2. The zero-order chi connectivity index (χ0) is 11.1. The molecular weight excluding hydrogens is 182 g/mol. The number of fused-ring (bicyclic) bond motifs is 1. The Morgan fingerprint density at radius 3 is 2.67 bits per heavy atom. The maximum absolute atomic E-state index is 2.53. The minimum Gasteiger partial charge on any atom is -0.366 e. The maximum Gasteiger partial charge on any atom is 0.0405 e. The van der Waals surface area contributed by atoms with Gasteiger partial charge >= 0.3 is 0 Å². The smallest absolute Gasteiger partial charge is 0.0405 e. The average Bonchev–Trinajstić information content (AvgIpc) is 2.17. The van der Waals surface area contributed by atoms with Crippen molar-refractivity contribution < 1.29 is 0 Å². The van der Waals surface area contributed by atoms with Gasteiger partial charge in [0.05, 0.1) is 0 Å². The van der Waals surface area contributed by atoms with Crippen molar-refractivity contribution >= 4 is 5.69 Å². The number of hydrogen-bond donors (Lipinski definition) is 0. The van der Waals surface area contributed by atoms with Crippen LogP contribution in [0, 0.1) is 0 Å². The molecule has 1 aromatic rings. The van der Waals surface area contributed by atoms with E-state index in [1.54, 1.807) is 0 Å². The Morgan fingerprint density at radius 2 is 2.00 bits per heavy atom. The lowest BCUT2D eigenvalue weighted by molar-refractivity contribution is 0.381. The van der Waals surface area contributed by atoms with Crippen LogP contribution < -0.4 is 4.90 Å². The standard InChI is InChI=1S/C14H21N/c1-5-15-13-9-7-6-8-12(13)11(2)10-14(15,3)4/h6-9,11H,5,10H2,1-4H3. The summed E-state index contributed by atoms with van der Waals surface area (Å²) in [6.45, 7) is 10.4. The van der Waals surface area contributed by atoms with Crippen molar-refractivity contribution in [1.29, 1.82) is 0 Å². The highest BCUT2D eigenvalue weighted by Gasteiger charge is 2.34. The van der Waals surface area contributed by atoms with E-state index in [0.717, 1.165) is 6.54 Å². The first-order chi connectivity index (χ1) is 7.06. The average molecular weight is 203 g/mol. The molecule has 0 bridgehead atoms. The molecule has 0 saturated carbocycles. The van der Waals surface area contributed by atoms with Crippen molar-refractivity contribution in [2.24, 2.45) is 0 Å². The predicted octanol–water partition coefficient (Wildman–Crippen LogP) is 3.80. The lowest BCUT2D eigenvalue weighted by Gasteiger charge is -2.47. The fraction of sp³-hybridized carbons (Fsp3) is 0.571. The highest BCUT2D eigenvalue weighted by molar-refractivity contribution is 5.59. The zero-order valence-electron chi connectivity index (χ0n) is 10.2. The van der Waals surface area contributed by atoms with Crippen LogP contribution in [0.25, 0.3) is 0 Å². The summed E-state index contributed by atoms with van der Waals surface area (Å²) >= 11 is 0. The molecule has 0 aromatic heterocycles. The Morgan fingerprint density at radius 1 is 1.33 bits per heavy atom. The Labute approximate surface area is 93.1 Å². The van der Waals surface area contributed by atoms with Crippen LogP contribution in [0.15, 0.2) is 24.3 Å². The van der Waals surface area contributed by atoms with Crippen molar-refractivity contribution in [3.05, 3.63) is 29.8 Å². The molecule has 0 fully saturated rings. The molecule has 1 aliphatic rings. The van der Waals surface area contributed by atoms with Crippen molar-refractivity contribution in [3.8, 4) is 0 Å². The van der Waals surface area contributed by atoms with Gasteiger partial charge in [-0.25, -0.2) is 0 Å². The summed E-state index contributed by atoms with van der Waals surface area (Å²) < 4.78 is 0. The molecular formula is C14H21N. The van der Waals surface area contributed by atoms with Crippen LogP contribution >= 0.6 is 0 Å². The van der Waals surface area contributed by atoms with Crippen LogP contribution in [0.3, 0.4) is 0 Å². The van der Waals surface area contributed by atoms with Gasteiger partial charge in [-0.15, -0.1) is 0 Å². The molecule has 1 atom stereocenters. The molecule has 1 nitrogen and oxygen atoms in total. The van der Waals surface area contributed by atoms with Gasteiger partial charge < -0.3 is 4.90 Å². The van der Waals surface area contributed by atoms with E-state index in [0.29, 0.717) is 11.5 Å². The summed E-state index contributed by atoms with van der Waals surface area (Å²) in [5, 5.41) is 0. The van der Waals surface area contributed by atoms with Crippen molar-refractivity contribution in [2.75, 3.05) is 11.4 Å². The molecule has 1 unspecified atom stereocenters. The number of para-hydroxylation sites is 1. The molecule has 0 N–H and O–H groups in total. The van der Waals surface area contributed by atoms with Gasteiger partial charge in [0.25, 0.3) is 0 Å². The van der Waals surface area contributed by atoms with Crippen LogP contribution in [0.5, 0.6) is 0 Å². The first-order valence-electron chi connectivity index (χ1n) is 5.93. The topological polar surface area (TPSA) is 3.24 Å². The van der Waals surface area contributed by atoms with Crippen molar-refractivity contribution in [3.63, 3.8) is 0 Å². The van der Waals surface area contributed by atoms with Crippen LogP contribution in [-0.4, -0.2) is 12.1 Å². The molecule has 0 saturated heterocycles. The van der Waals surface area contributed by atoms with Gasteiger partial charge in [-0.05, 0) is 44.7 Å². The third-order valence-electron chi connectivity index (χ3n) is 3.61. The minimum absolute atomic E-state index is 0.294. The van der Waals surface area contributed by atoms with Gasteiger partial charge in [-0.2, -0.15) is 0 Å². The number of hydrogen-bond acceptors (Lipinski definition) is 1. The van der Waals surface area contributed by atoms with Crippen molar-refractivity contribution in [2.45, 2.75) is 45.6 Å². The third-order valence-corrected chi connectivity index (χ3v) is 3.61. The van der Waals surface area contributed by atoms with E-state index in [-0.39, 0.29) is 0 Å². The number of benzene rings is 1. The Balaban J connectivity index is 2.51. The van der Waals surface area contributed by atoms with Gasteiger partial charge in [0.1, 0.15) is 0 Å². The molecule has 82 valence electrons. The van der Waals surface area contributed by atoms with E-state index >= 15 is 0 Å². The lowest BCUT2D eigenvalue weighted by atomic mass is 9.80. The summed E-state index contributed by atoms with van der Waals surface area (Å²) in [4.78, 5) is 2.53. The van der Waals surface area contributed by atoms with Crippen molar-refractivity contribution in [1.82, 2.24) is 0 Å². The fourth-order valence-corrected chi connectivity index (χ4v) is 3.04. The van der Waals surface area contributed by atoms with E-state index in [1.807, 2.05) is 0 Å². The summed E-state index contributed by atoms with van der Waals surface area (Å²) in [5.41, 5.74) is 3.24. The molecule has 0 radical (unpaired) electrons. The SMILES string of the molecule is CCN1c2ccccc2C(C)CC1(C)C. The number of nitrogens with zero attached hydrogens (tertiary/aromatic N) is 1. The van der Waals surface area contributed by atoms with E-state index in [1.165, 1.54) is 17.7 Å². The Bertz CT molecular complexity index is 354. The van der Waals surface area contributed by atoms with Gasteiger partial charge in [0, 0.05) is 17.8 Å². The molecule has 0 amide bonds. The number of rotatable bonds is 1. The second-order valence-corrected chi connectivity index (χ2v) is 5.22. The lowest BCUT2D eigenvalue weighted by Crippen LogP contribution is -2.48. The van der Waals surface area contributed by atoms with E-state index in [4.69, 9.17) is 0 Å². The van der Waals surface area contributed by atoms with E-state index in [9.17, 15) is 0 Å². The Kier molecular flexibility index (Phi) is 2.49. The van der Waals surface area contributed by atoms with Crippen LogP contribution in [0.4, 0.5) is 5.69 Å². The monoisotopic (exact) mass is 203 g/mol. The molecule has 15 heavy (non-hydrogen) atoms. The second kappa shape index (κ2) is 3.55. The quantitative estimate of drug-likeness (QED) is 0.671. The first-order valence-corrected chi connectivity index (χ1v) is 5.93. The molecule has 0 aliphatic carbocycles. The highest BCUT2D eigenvalue weighted by atomic mass is 15.2. The van der Waals surface area contributed by atoms with Gasteiger partial charge in [-0.3, -0.25) is 0 Å². The minimum atomic E-state index is 0.294. The maximum atomic E-state index is 2.53. The molecule has 2 rings (SSSR count). The molecule has 1 aliphatic heterocycles. The van der Waals surface area contributed by atoms with Gasteiger partial charge in [0.15, 0.2) is 0 Å². The van der Waals surface area contributed by atoms with Crippen LogP contribution in [-0.2, 0) is 0 Å². The predicted molar refractivity (Wildman–Crippen MR) is 66.6 cm³/mol. The second-order valence-electron chi connectivity index (χ2n) is 5.22. The molecule has 1 aromatic carbocycles. The molecule has 1 heterocycles. The summed E-state index contributed by atoms with van der Waals surface area (Å²) in [6, 6.07) is 8.84. The van der Waals surface area contributed by atoms with Gasteiger partial charge in [-0.1, -0.05) is 25.1 Å². The van der Waals surface area contributed by atoms with Crippen LogP contribution in [0.1, 0.15) is 45.6 Å².